The van der Waals surface area contributed by atoms with Gasteiger partial charge < -0.3 is 5.73 Å². The van der Waals surface area contributed by atoms with E-state index in [9.17, 15) is 8.42 Å². The van der Waals surface area contributed by atoms with E-state index in [-0.39, 0.29) is 16.6 Å². The van der Waals surface area contributed by atoms with Crippen LogP contribution in [0.25, 0.3) is 0 Å². The lowest BCUT2D eigenvalue weighted by atomic mass is 10.0. The van der Waals surface area contributed by atoms with Gasteiger partial charge in [-0.2, -0.15) is 5.26 Å². The number of rotatable bonds is 4. The molecule has 1 fully saturated rings. The van der Waals surface area contributed by atoms with Gasteiger partial charge in [-0.05, 0) is 43.9 Å². The summed E-state index contributed by atoms with van der Waals surface area (Å²) in [5, 5.41) is 8.77. The molecule has 1 aromatic rings. The predicted molar refractivity (Wildman–Crippen MR) is 77.3 cm³/mol. The third-order valence-corrected chi connectivity index (χ3v) is 5.51. The second-order valence-corrected chi connectivity index (χ2v) is 7.00. The van der Waals surface area contributed by atoms with Crippen molar-refractivity contribution in [3.8, 4) is 6.07 Å². The zero-order valence-corrected chi connectivity index (χ0v) is 12.3. The summed E-state index contributed by atoms with van der Waals surface area (Å²) < 4.78 is 27.4. The molecule has 5 nitrogen and oxygen atoms in total. The molecule has 20 heavy (non-hydrogen) atoms. The SMILES string of the molecule is CC(NS(=O)(=O)c1ccc(C#N)cc1N)C1CCCC1. The van der Waals surface area contributed by atoms with E-state index >= 15 is 0 Å². The molecule has 1 saturated carbocycles. The van der Waals surface area contributed by atoms with Crippen molar-refractivity contribution in [1.29, 1.82) is 5.26 Å². The van der Waals surface area contributed by atoms with Gasteiger partial charge >= 0.3 is 0 Å². The summed E-state index contributed by atoms with van der Waals surface area (Å²) in [7, 11) is -3.64. The lowest BCUT2D eigenvalue weighted by molar-refractivity contribution is 0.424. The van der Waals surface area contributed by atoms with E-state index in [0.717, 1.165) is 25.7 Å². The highest BCUT2D eigenvalue weighted by atomic mass is 32.2. The van der Waals surface area contributed by atoms with Gasteiger partial charge in [0.1, 0.15) is 4.90 Å². The molecule has 0 aromatic heterocycles. The molecule has 0 amide bonds. The molecule has 3 N–H and O–H groups in total. The van der Waals surface area contributed by atoms with E-state index in [0.29, 0.717) is 11.5 Å². The number of hydrogen-bond donors (Lipinski definition) is 2. The molecule has 1 aromatic carbocycles. The molecule has 0 aliphatic heterocycles. The monoisotopic (exact) mass is 293 g/mol. The van der Waals surface area contributed by atoms with Crippen LogP contribution in [0.3, 0.4) is 0 Å². The average Bonchev–Trinajstić information content (AvgIpc) is 2.91. The number of nitrogens with one attached hydrogen (secondary N) is 1. The number of nitrogens with zero attached hydrogens (tertiary/aromatic N) is 1. The summed E-state index contributed by atoms with van der Waals surface area (Å²) in [5.41, 5.74) is 6.20. The molecule has 6 heteroatoms. The van der Waals surface area contributed by atoms with Crippen molar-refractivity contribution in [2.24, 2.45) is 5.92 Å². The molecule has 2 rings (SSSR count). The van der Waals surface area contributed by atoms with E-state index in [1.54, 1.807) is 0 Å². The Hall–Kier alpha value is -1.58. The second-order valence-electron chi connectivity index (χ2n) is 5.32. The first-order valence-electron chi connectivity index (χ1n) is 6.76. The van der Waals surface area contributed by atoms with Crippen LogP contribution in [-0.4, -0.2) is 14.5 Å². The van der Waals surface area contributed by atoms with Crippen LogP contribution in [0.2, 0.25) is 0 Å². The number of anilines is 1. The molecule has 1 aliphatic carbocycles. The van der Waals surface area contributed by atoms with Gasteiger partial charge in [0.05, 0.1) is 17.3 Å². The Balaban J connectivity index is 2.20. The Morgan fingerprint density at radius 2 is 2.05 bits per heavy atom. The van der Waals surface area contributed by atoms with Crippen molar-refractivity contribution in [2.75, 3.05) is 5.73 Å². The molecular weight excluding hydrogens is 274 g/mol. The largest absolute Gasteiger partial charge is 0.398 e. The highest BCUT2D eigenvalue weighted by molar-refractivity contribution is 7.89. The summed E-state index contributed by atoms with van der Waals surface area (Å²) in [4.78, 5) is 0.0429. The van der Waals surface area contributed by atoms with Crippen molar-refractivity contribution in [1.82, 2.24) is 4.72 Å². The van der Waals surface area contributed by atoms with Gasteiger partial charge in [-0.3, -0.25) is 0 Å². The molecule has 1 unspecified atom stereocenters. The summed E-state index contributed by atoms with van der Waals surface area (Å²) >= 11 is 0. The van der Waals surface area contributed by atoms with E-state index in [2.05, 4.69) is 4.72 Å². The first kappa shape index (κ1) is 14.8. The summed E-state index contributed by atoms with van der Waals surface area (Å²) in [5.74, 6) is 0.393. The maximum Gasteiger partial charge on any atom is 0.242 e. The van der Waals surface area contributed by atoms with Crippen LogP contribution in [-0.2, 0) is 10.0 Å². The Morgan fingerprint density at radius 1 is 1.40 bits per heavy atom. The predicted octanol–water partition coefficient (Wildman–Crippen LogP) is 2.00. The van der Waals surface area contributed by atoms with Crippen LogP contribution in [0, 0.1) is 17.2 Å². The molecular formula is C14H19N3O2S. The minimum absolute atomic E-state index is 0.0429. The zero-order chi connectivity index (χ0) is 14.8. The van der Waals surface area contributed by atoms with Gasteiger partial charge in [0, 0.05) is 6.04 Å². The van der Waals surface area contributed by atoms with Crippen LogP contribution in [0.5, 0.6) is 0 Å². The minimum atomic E-state index is -3.64. The van der Waals surface area contributed by atoms with Gasteiger partial charge in [-0.1, -0.05) is 12.8 Å². The number of benzene rings is 1. The van der Waals surface area contributed by atoms with Crippen molar-refractivity contribution < 1.29 is 8.42 Å². The number of nitrogen functional groups attached to an aromatic ring is 1. The van der Waals surface area contributed by atoms with Gasteiger partial charge in [0.15, 0.2) is 0 Å². The fraction of sp³-hybridized carbons (Fsp3) is 0.500. The molecule has 0 radical (unpaired) electrons. The molecule has 1 atom stereocenters. The Morgan fingerprint density at radius 3 is 2.60 bits per heavy atom. The third kappa shape index (κ3) is 3.11. The van der Waals surface area contributed by atoms with E-state index in [4.69, 9.17) is 11.0 Å². The lowest BCUT2D eigenvalue weighted by Gasteiger charge is -2.20. The Kier molecular flexibility index (Phi) is 4.31. The lowest BCUT2D eigenvalue weighted by Crippen LogP contribution is -2.37. The smallest absolute Gasteiger partial charge is 0.242 e. The van der Waals surface area contributed by atoms with Gasteiger partial charge in [0.25, 0.3) is 0 Å². The first-order chi connectivity index (χ1) is 9.44. The summed E-state index contributed by atoms with van der Waals surface area (Å²) in [6.07, 6.45) is 4.45. The van der Waals surface area contributed by atoms with Crippen molar-refractivity contribution in [3.63, 3.8) is 0 Å². The van der Waals surface area contributed by atoms with E-state index < -0.39 is 10.0 Å². The summed E-state index contributed by atoms with van der Waals surface area (Å²) in [6.45, 7) is 1.90. The third-order valence-electron chi connectivity index (χ3n) is 3.88. The standard InChI is InChI=1S/C14H19N3O2S/c1-10(12-4-2-3-5-12)17-20(18,19)14-7-6-11(9-15)8-13(14)16/h6-8,10,12,17H,2-5,16H2,1H3. The second kappa shape index (κ2) is 5.81. The van der Waals surface area contributed by atoms with E-state index in [1.807, 2.05) is 13.0 Å². The van der Waals surface area contributed by atoms with Crippen LogP contribution in [0.1, 0.15) is 38.2 Å². The van der Waals surface area contributed by atoms with Gasteiger partial charge in [-0.15, -0.1) is 0 Å². The molecule has 0 bridgehead atoms. The summed E-state index contributed by atoms with van der Waals surface area (Å²) in [6, 6.07) is 6.07. The maximum atomic E-state index is 12.3. The van der Waals surface area contributed by atoms with Crippen LogP contribution in [0.4, 0.5) is 5.69 Å². The number of sulfonamides is 1. The average molecular weight is 293 g/mol. The quantitative estimate of drug-likeness (QED) is 0.830. The topological polar surface area (TPSA) is 96.0 Å². The van der Waals surface area contributed by atoms with Crippen LogP contribution >= 0.6 is 0 Å². The number of nitrogens with two attached hydrogens (primary N) is 1. The highest BCUT2D eigenvalue weighted by Gasteiger charge is 2.27. The minimum Gasteiger partial charge on any atom is -0.398 e. The molecule has 0 saturated heterocycles. The fourth-order valence-electron chi connectivity index (χ4n) is 2.72. The Bertz CT molecular complexity index is 628. The number of nitriles is 1. The van der Waals surface area contributed by atoms with Crippen molar-refractivity contribution >= 4 is 15.7 Å². The fourth-order valence-corrected chi connectivity index (χ4v) is 4.15. The molecule has 0 heterocycles. The van der Waals surface area contributed by atoms with E-state index in [1.165, 1.54) is 18.2 Å². The normalized spacial score (nSPS) is 17.8. The molecule has 0 spiro atoms. The van der Waals surface area contributed by atoms with Gasteiger partial charge in [-0.25, -0.2) is 13.1 Å². The van der Waals surface area contributed by atoms with Crippen LogP contribution < -0.4 is 10.5 Å². The first-order valence-corrected chi connectivity index (χ1v) is 8.24. The molecule has 108 valence electrons. The van der Waals surface area contributed by atoms with Crippen LogP contribution in [0.15, 0.2) is 23.1 Å². The number of hydrogen-bond acceptors (Lipinski definition) is 4. The molecule has 1 aliphatic rings. The van der Waals surface area contributed by atoms with Crippen molar-refractivity contribution in [2.45, 2.75) is 43.5 Å². The highest BCUT2D eigenvalue weighted by Crippen LogP contribution is 2.29. The Labute approximate surface area is 119 Å². The maximum absolute atomic E-state index is 12.3. The zero-order valence-electron chi connectivity index (χ0n) is 11.5. The van der Waals surface area contributed by atoms with Crippen molar-refractivity contribution in [3.05, 3.63) is 23.8 Å². The van der Waals surface area contributed by atoms with Gasteiger partial charge in [0.2, 0.25) is 10.0 Å².